The average molecular weight is 363 g/mol. The van der Waals surface area contributed by atoms with Crippen molar-refractivity contribution in [1.29, 1.82) is 0 Å². The fourth-order valence-corrected chi connectivity index (χ4v) is 3.56. The number of anilines is 1. The van der Waals surface area contributed by atoms with Crippen LogP contribution >= 0.6 is 22.9 Å². The summed E-state index contributed by atoms with van der Waals surface area (Å²) in [4.78, 5) is 29.9. The third kappa shape index (κ3) is 2.55. The van der Waals surface area contributed by atoms with Crippen LogP contribution in [0.2, 0.25) is 5.02 Å². The van der Waals surface area contributed by atoms with Gasteiger partial charge in [0.1, 0.15) is 16.4 Å². The molecule has 0 fully saturated rings. The van der Waals surface area contributed by atoms with E-state index in [1.54, 1.807) is 6.07 Å². The number of halogens is 1. The Morgan fingerprint density at radius 1 is 1.21 bits per heavy atom. The number of rotatable bonds is 2. The number of aryl methyl sites for hydroxylation is 1. The summed E-state index contributed by atoms with van der Waals surface area (Å²) in [6, 6.07) is 7.34. The van der Waals surface area contributed by atoms with Gasteiger partial charge in [-0.3, -0.25) is 13.9 Å². The Bertz CT molecular complexity index is 1060. The summed E-state index contributed by atoms with van der Waals surface area (Å²) in [5, 5.41) is 1.35. The van der Waals surface area contributed by atoms with Crippen LogP contribution in [-0.2, 0) is 14.1 Å². The second-order valence-corrected chi connectivity index (χ2v) is 7.04. The number of nitrogens with zero attached hydrogens (tertiary/aromatic N) is 3. The quantitative estimate of drug-likeness (QED) is 0.758. The number of aromatic nitrogens is 3. The van der Waals surface area contributed by atoms with Crippen molar-refractivity contribution in [3.63, 3.8) is 0 Å². The highest BCUT2D eigenvalue weighted by atomic mass is 35.5. The zero-order valence-corrected chi connectivity index (χ0v) is 14.9. The maximum absolute atomic E-state index is 12.5. The Morgan fingerprint density at radius 2 is 1.92 bits per heavy atom. The molecule has 124 valence electrons. The van der Waals surface area contributed by atoms with Gasteiger partial charge in [0.25, 0.3) is 5.56 Å². The molecule has 1 aromatic carbocycles. The van der Waals surface area contributed by atoms with Crippen molar-refractivity contribution in [1.82, 2.24) is 14.1 Å². The van der Waals surface area contributed by atoms with Crippen LogP contribution in [0.4, 0.5) is 5.82 Å². The first-order chi connectivity index (χ1) is 11.3. The van der Waals surface area contributed by atoms with Crippen LogP contribution < -0.4 is 17.0 Å². The van der Waals surface area contributed by atoms with Crippen molar-refractivity contribution in [2.45, 2.75) is 6.92 Å². The number of hydrogen-bond donors (Lipinski definition) is 1. The van der Waals surface area contributed by atoms with Gasteiger partial charge in [0.05, 0.1) is 5.69 Å². The lowest BCUT2D eigenvalue weighted by atomic mass is 10.2. The fourth-order valence-electron chi connectivity index (χ4n) is 2.46. The van der Waals surface area contributed by atoms with E-state index in [2.05, 4.69) is 4.98 Å². The molecule has 8 heteroatoms. The van der Waals surface area contributed by atoms with Crippen LogP contribution in [0.5, 0.6) is 0 Å². The fraction of sp³-hybridized carbons (Fsp3) is 0.188. The van der Waals surface area contributed by atoms with E-state index in [9.17, 15) is 9.59 Å². The topological polar surface area (TPSA) is 82.9 Å². The maximum atomic E-state index is 12.5. The molecular formula is C16H15ClN4O2S. The molecule has 0 aliphatic heterocycles. The van der Waals surface area contributed by atoms with E-state index in [1.165, 1.54) is 30.0 Å². The number of nitrogens with two attached hydrogens (primary N) is 1. The van der Waals surface area contributed by atoms with Gasteiger partial charge in [0, 0.05) is 29.6 Å². The molecule has 0 spiro atoms. The van der Waals surface area contributed by atoms with Crippen molar-refractivity contribution in [2.24, 2.45) is 14.1 Å². The van der Waals surface area contributed by atoms with Gasteiger partial charge >= 0.3 is 5.69 Å². The van der Waals surface area contributed by atoms with E-state index < -0.39 is 11.2 Å². The summed E-state index contributed by atoms with van der Waals surface area (Å²) in [5.41, 5.74) is 6.68. The Kier molecular flexibility index (Phi) is 4.06. The van der Waals surface area contributed by atoms with Crippen molar-refractivity contribution in [3.8, 4) is 21.8 Å². The first kappa shape index (κ1) is 16.5. The molecule has 3 aromatic rings. The minimum Gasteiger partial charge on any atom is -0.384 e. The van der Waals surface area contributed by atoms with Crippen molar-refractivity contribution < 1.29 is 0 Å². The van der Waals surface area contributed by atoms with E-state index in [1.807, 2.05) is 25.1 Å². The molecule has 0 radical (unpaired) electrons. The van der Waals surface area contributed by atoms with Crippen LogP contribution in [0, 0.1) is 6.92 Å². The van der Waals surface area contributed by atoms with E-state index in [4.69, 9.17) is 17.3 Å². The minimum absolute atomic E-state index is 0.106. The number of benzene rings is 1. The van der Waals surface area contributed by atoms with Crippen LogP contribution in [0.25, 0.3) is 21.8 Å². The standard InChI is InChI=1S/C16H15ClN4O2S/c1-8-12(11-13(18)20(2)16(23)21(3)15(11)22)19-14(24-8)9-5-4-6-10(17)7-9/h4-7H,18H2,1-3H3. The summed E-state index contributed by atoms with van der Waals surface area (Å²) in [6.45, 7) is 1.87. The summed E-state index contributed by atoms with van der Waals surface area (Å²) in [6.07, 6.45) is 0. The van der Waals surface area contributed by atoms with Gasteiger partial charge in [-0.25, -0.2) is 9.78 Å². The van der Waals surface area contributed by atoms with E-state index in [-0.39, 0.29) is 11.4 Å². The second kappa shape index (κ2) is 5.92. The predicted molar refractivity (Wildman–Crippen MR) is 97.6 cm³/mol. The average Bonchev–Trinajstić information content (AvgIpc) is 2.93. The Balaban J connectivity index is 2.27. The molecule has 0 atom stereocenters. The van der Waals surface area contributed by atoms with Gasteiger partial charge in [-0.1, -0.05) is 23.7 Å². The highest BCUT2D eigenvalue weighted by Crippen LogP contribution is 2.34. The molecule has 0 unspecified atom stereocenters. The monoisotopic (exact) mass is 362 g/mol. The van der Waals surface area contributed by atoms with Crippen molar-refractivity contribution in [3.05, 3.63) is 55.0 Å². The molecular weight excluding hydrogens is 348 g/mol. The molecule has 3 rings (SSSR count). The predicted octanol–water partition coefficient (Wildman–Crippen LogP) is 2.42. The normalized spacial score (nSPS) is 11.0. The highest BCUT2D eigenvalue weighted by molar-refractivity contribution is 7.15. The van der Waals surface area contributed by atoms with Crippen LogP contribution in [-0.4, -0.2) is 14.1 Å². The van der Waals surface area contributed by atoms with Crippen molar-refractivity contribution >= 4 is 28.8 Å². The number of thiazole rings is 1. The first-order valence-electron chi connectivity index (χ1n) is 7.10. The molecule has 0 bridgehead atoms. The SMILES string of the molecule is Cc1sc(-c2cccc(Cl)c2)nc1-c1c(N)n(C)c(=O)n(C)c1=O. The Morgan fingerprint density at radius 3 is 2.58 bits per heavy atom. The van der Waals surface area contributed by atoms with E-state index in [0.717, 1.165) is 20.0 Å². The maximum Gasteiger partial charge on any atom is 0.332 e. The van der Waals surface area contributed by atoms with E-state index >= 15 is 0 Å². The molecule has 0 saturated carbocycles. The van der Waals surface area contributed by atoms with Crippen LogP contribution in [0.15, 0.2) is 33.9 Å². The molecule has 2 aromatic heterocycles. The zero-order valence-electron chi connectivity index (χ0n) is 13.3. The molecule has 0 aliphatic carbocycles. The molecule has 0 amide bonds. The molecule has 6 nitrogen and oxygen atoms in total. The number of nitrogen functional groups attached to an aromatic ring is 1. The summed E-state index contributed by atoms with van der Waals surface area (Å²) in [7, 11) is 2.95. The molecule has 24 heavy (non-hydrogen) atoms. The molecule has 2 N–H and O–H groups in total. The lowest BCUT2D eigenvalue weighted by Crippen LogP contribution is -2.39. The largest absolute Gasteiger partial charge is 0.384 e. The summed E-state index contributed by atoms with van der Waals surface area (Å²) < 4.78 is 2.28. The first-order valence-corrected chi connectivity index (χ1v) is 8.30. The Hall–Kier alpha value is -2.38. The van der Waals surface area contributed by atoms with Gasteiger partial charge in [0.2, 0.25) is 0 Å². The van der Waals surface area contributed by atoms with Gasteiger partial charge in [-0.15, -0.1) is 11.3 Å². The second-order valence-electron chi connectivity index (χ2n) is 5.40. The highest BCUT2D eigenvalue weighted by Gasteiger charge is 2.20. The van der Waals surface area contributed by atoms with Gasteiger partial charge in [0.15, 0.2) is 0 Å². The van der Waals surface area contributed by atoms with E-state index in [0.29, 0.717) is 10.7 Å². The summed E-state index contributed by atoms with van der Waals surface area (Å²) >= 11 is 7.48. The lowest BCUT2D eigenvalue weighted by Gasteiger charge is -2.10. The van der Waals surface area contributed by atoms with Gasteiger partial charge in [-0.2, -0.15) is 0 Å². The molecule has 0 saturated heterocycles. The number of hydrogen-bond acceptors (Lipinski definition) is 5. The molecule has 2 heterocycles. The third-order valence-electron chi connectivity index (χ3n) is 3.81. The minimum atomic E-state index is -0.468. The van der Waals surface area contributed by atoms with Crippen LogP contribution in [0.3, 0.4) is 0 Å². The zero-order chi connectivity index (χ0) is 17.6. The molecule has 0 aliphatic rings. The van der Waals surface area contributed by atoms with Gasteiger partial charge in [-0.05, 0) is 19.1 Å². The van der Waals surface area contributed by atoms with Crippen LogP contribution in [0.1, 0.15) is 4.88 Å². The third-order valence-corrected chi connectivity index (χ3v) is 5.07. The van der Waals surface area contributed by atoms with Gasteiger partial charge < -0.3 is 5.73 Å². The van der Waals surface area contributed by atoms with Crippen molar-refractivity contribution in [2.75, 3.05) is 5.73 Å². The summed E-state index contributed by atoms with van der Waals surface area (Å²) in [5.74, 6) is 0.106. The smallest absolute Gasteiger partial charge is 0.332 e. The Labute approximate surface area is 146 Å². The lowest BCUT2D eigenvalue weighted by molar-refractivity contribution is 0.696.